The summed E-state index contributed by atoms with van der Waals surface area (Å²) in [6.07, 6.45) is 1.60. The fourth-order valence-electron chi connectivity index (χ4n) is 4.69. The quantitative estimate of drug-likeness (QED) is 0.307. The van der Waals surface area contributed by atoms with Crippen molar-refractivity contribution in [2.45, 2.75) is 102 Å². The minimum atomic E-state index is -0.914. The molecule has 2 amide bonds. The smallest absolute Gasteiger partial charge is 0.408 e. The summed E-state index contributed by atoms with van der Waals surface area (Å²) in [5.74, 6) is -2.49. The molecule has 1 aliphatic carbocycles. The number of carbonyl (C=O) groups is 3. The summed E-state index contributed by atoms with van der Waals surface area (Å²) in [4.78, 5) is 40.5. The van der Waals surface area contributed by atoms with E-state index in [0.29, 0.717) is 0 Å². The van der Waals surface area contributed by atoms with Crippen LogP contribution in [0.1, 0.15) is 77.1 Å². The minimum absolute atomic E-state index is 0.132. The lowest BCUT2D eigenvalue weighted by Gasteiger charge is -2.27. The van der Waals surface area contributed by atoms with Gasteiger partial charge in [0.1, 0.15) is 42.9 Å². The number of nitrogens with two attached hydrogens (primary N) is 1. The van der Waals surface area contributed by atoms with E-state index in [-0.39, 0.29) is 18.3 Å². The molecular weight excluding hydrogens is 481 g/mol. The molecule has 5 atom stereocenters. The van der Waals surface area contributed by atoms with Gasteiger partial charge in [0.05, 0.1) is 0 Å². The molecule has 0 unspecified atom stereocenters. The van der Waals surface area contributed by atoms with Crippen LogP contribution in [0.25, 0.3) is 0 Å². The van der Waals surface area contributed by atoms with E-state index in [4.69, 9.17) is 29.4 Å². The Kier molecular flexibility index (Phi) is 7.26. The van der Waals surface area contributed by atoms with Crippen LogP contribution in [-0.2, 0) is 28.5 Å². The second-order valence-corrected chi connectivity index (χ2v) is 10.8. The van der Waals surface area contributed by atoms with Gasteiger partial charge in [-0.3, -0.25) is 4.79 Å². The summed E-state index contributed by atoms with van der Waals surface area (Å²) in [6.45, 7) is 8.67. The minimum Gasteiger partial charge on any atom is -0.461 e. The molecule has 2 saturated heterocycles. The van der Waals surface area contributed by atoms with Crippen molar-refractivity contribution in [2.75, 3.05) is 6.61 Å². The number of nitrogens with one attached hydrogen (secondary N) is 1. The van der Waals surface area contributed by atoms with Gasteiger partial charge >= 0.3 is 12.1 Å². The van der Waals surface area contributed by atoms with Gasteiger partial charge in [-0.1, -0.05) is 13.8 Å². The number of hydrogen-bond donors (Lipinski definition) is 2. The number of esters is 1. The van der Waals surface area contributed by atoms with E-state index in [0.717, 1.165) is 25.7 Å². The molecule has 1 spiro atoms. The number of hydrogen-bond acceptors (Lipinski definition) is 10. The second-order valence-electron chi connectivity index (χ2n) is 10.8. The van der Waals surface area contributed by atoms with Crippen molar-refractivity contribution in [3.8, 4) is 0 Å². The molecule has 13 nitrogen and oxygen atoms in total. The molecule has 2 aliphatic heterocycles. The van der Waals surface area contributed by atoms with Crippen molar-refractivity contribution in [1.29, 1.82) is 0 Å². The molecule has 13 heteroatoms. The Balaban J connectivity index is 1.45. The molecule has 3 aliphatic rings. The van der Waals surface area contributed by atoms with Crippen LogP contribution in [0.3, 0.4) is 0 Å². The number of nitrogens with zero attached hydrogens (tertiary/aromatic N) is 3. The third kappa shape index (κ3) is 5.62. The molecule has 3 fully saturated rings. The maximum absolute atomic E-state index is 12.9. The highest BCUT2D eigenvalue weighted by Crippen LogP contribution is 2.49. The molecule has 3 N–H and O–H groups in total. The van der Waals surface area contributed by atoms with Gasteiger partial charge in [-0.15, -0.1) is 5.10 Å². The van der Waals surface area contributed by atoms with Gasteiger partial charge in [0, 0.05) is 12.8 Å². The van der Waals surface area contributed by atoms with Gasteiger partial charge in [0.2, 0.25) is 5.82 Å². The Morgan fingerprint density at radius 3 is 2.47 bits per heavy atom. The van der Waals surface area contributed by atoms with E-state index >= 15 is 0 Å². The first-order valence-corrected chi connectivity index (χ1v) is 12.3. The van der Waals surface area contributed by atoms with Crippen molar-refractivity contribution >= 4 is 18.0 Å². The Bertz CT molecular complexity index is 983. The third-order valence-electron chi connectivity index (χ3n) is 6.32. The van der Waals surface area contributed by atoms with Gasteiger partial charge in [0.15, 0.2) is 12.0 Å². The van der Waals surface area contributed by atoms with Crippen molar-refractivity contribution in [3.05, 3.63) is 12.2 Å². The van der Waals surface area contributed by atoms with Crippen LogP contribution < -0.4 is 11.1 Å². The molecule has 3 heterocycles. The van der Waals surface area contributed by atoms with E-state index in [1.54, 1.807) is 34.6 Å². The Hall–Kier alpha value is -2.77. The van der Waals surface area contributed by atoms with E-state index < -0.39 is 59.9 Å². The van der Waals surface area contributed by atoms with Gasteiger partial charge in [-0.25, -0.2) is 19.3 Å². The van der Waals surface area contributed by atoms with E-state index in [9.17, 15) is 14.4 Å². The van der Waals surface area contributed by atoms with E-state index in [2.05, 4.69) is 15.4 Å². The molecule has 0 bridgehead atoms. The predicted molar refractivity (Wildman–Crippen MR) is 122 cm³/mol. The van der Waals surface area contributed by atoms with E-state index in [1.807, 2.05) is 0 Å². The number of primary amides is 1. The Labute approximate surface area is 209 Å². The lowest BCUT2D eigenvalue weighted by Crippen LogP contribution is -2.48. The third-order valence-corrected chi connectivity index (χ3v) is 6.32. The molecule has 1 aromatic rings. The molecule has 36 heavy (non-hydrogen) atoms. The number of alkyl carbamates (subject to hydrolysis) is 1. The van der Waals surface area contributed by atoms with Crippen LogP contribution in [-0.4, -0.2) is 75.1 Å². The summed E-state index contributed by atoms with van der Waals surface area (Å²) < 4.78 is 31.0. The molecule has 0 radical (unpaired) electrons. The number of rotatable bonds is 7. The van der Waals surface area contributed by atoms with Crippen LogP contribution in [0.2, 0.25) is 0 Å². The van der Waals surface area contributed by atoms with Gasteiger partial charge < -0.3 is 34.7 Å². The van der Waals surface area contributed by atoms with Crippen LogP contribution in [0.5, 0.6) is 0 Å². The lowest BCUT2D eigenvalue weighted by atomic mass is 10.1. The standard InChI is InChI=1S/C23H35N5O8/c1-12(2)14(26-21(31)36-22(3,4)5)20(30)32-10-13-15-16(35-23(34-15)8-6-7-9-23)19(33-13)28-11-25-18(27-28)17(24)29/h11-16,19H,6-10H2,1-5H3,(H2,24,29)(H,26,31)/t13-,14-,15-,16-,19-/m0/s1/i11+1,17+1,18+1,24+1,25+1,27+1,28+1. The Morgan fingerprint density at radius 1 is 1.22 bits per heavy atom. The molecule has 1 aromatic heterocycles. The maximum atomic E-state index is 12.9. The first-order valence-electron chi connectivity index (χ1n) is 12.3. The zero-order valence-corrected chi connectivity index (χ0v) is 21.3. The molecule has 4 rings (SSSR count). The number of amides is 2. The topological polar surface area (TPSA) is 166 Å². The van der Waals surface area contributed by atoms with Crippen molar-refractivity contribution in [3.63, 3.8) is 0 Å². The van der Waals surface area contributed by atoms with Crippen molar-refractivity contribution < 1.29 is 38.1 Å². The normalized spacial score (nSPS) is 27.7. The van der Waals surface area contributed by atoms with Crippen LogP contribution in [0, 0.1) is 5.92 Å². The lowest BCUT2D eigenvalue weighted by molar-refractivity contribution is -0.218. The zero-order valence-electron chi connectivity index (χ0n) is 21.3. The fraction of sp³-hybridized carbons (Fsp3) is 0.783. The predicted octanol–water partition coefficient (Wildman–Crippen LogP) is 1.42. The van der Waals surface area contributed by atoms with Crippen LogP contribution >= 0.6 is 0 Å². The van der Waals surface area contributed by atoms with Gasteiger partial charge in [-0.2, -0.15) is 0 Å². The highest BCUT2D eigenvalue weighted by Gasteiger charge is 2.60. The van der Waals surface area contributed by atoms with Crippen LogP contribution in [0.4, 0.5) is 4.79 Å². The average Bonchev–Trinajstić information content (AvgIpc) is 3.54. The molecule has 0 aromatic carbocycles. The number of ether oxygens (including phenoxy) is 5. The summed E-state index contributed by atoms with van der Waals surface area (Å²) >= 11 is 0. The highest BCUT2D eigenvalue weighted by atomic mass is 16.8. The first kappa shape index (κ1) is 26.3. The Morgan fingerprint density at radius 2 is 1.89 bits per heavy atom. The van der Waals surface area contributed by atoms with E-state index in [1.165, 1.54) is 11.0 Å². The number of aromatic nitrogens is 3. The molecule has 200 valence electrons. The molecule has 1 saturated carbocycles. The highest BCUT2D eigenvalue weighted by molar-refractivity contribution is 5.88. The summed E-state index contributed by atoms with van der Waals surface area (Å²) in [6, 6.07) is -0.914. The monoisotopic (exact) mass is 516 g/mol. The fourth-order valence-corrected chi connectivity index (χ4v) is 4.69. The van der Waals surface area contributed by atoms with Crippen molar-refractivity contribution in [2.24, 2.45) is 11.7 Å². The maximum Gasteiger partial charge on any atom is 0.408 e. The zero-order chi connectivity index (χ0) is 26.3. The number of carbonyl (C=O) groups excluding carboxylic acids is 3. The summed E-state index contributed by atoms with van der Waals surface area (Å²) in [5, 5.41) is 6.69. The summed E-state index contributed by atoms with van der Waals surface area (Å²) in [5.41, 5.74) is 4.58. The SMILES string of the molecule is CC(C)[C@H](NC(=O)OC(C)(C)C)C(=O)OC[C@@H]1O[C@H]([15n]2[13cH][15n][13c]([13C]([15NH2])=O)[15n]2)[C@H]2OC3(CCCC3)O[C@H]21. The summed E-state index contributed by atoms with van der Waals surface area (Å²) in [7, 11) is 0. The van der Waals surface area contributed by atoms with Crippen LogP contribution in [0.15, 0.2) is 6.33 Å². The van der Waals surface area contributed by atoms with Crippen molar-refractivity contribution in [1.82, 2.24) is 20.1 Å². The largest absolute Gasteiger partial charge is 0.461 e. The van der Waals surface area contributed by atoms with Gasteiger partial charge in [0.25, 0.3) is 5.91 Å². The second kappa shape index (κ2) is 9.94. The average molecular weight is 517 g/mol. The first-order chi connectivity index (χ1) is 16.9. The molecular formula is C23H35N5O8. The van der Waals surface area contributed by atoms with Gasteiger partial charge in [-0.05, 0) is 39.5 Å². The number of fused-ring (bicyclic) bond motifs is 1.